The molecule has 1 atom stereocenters. The summed E-state index contributed by atoms with van der Waals surface area (Å²) < 4.78 is 5.59. The van der Waals surface area contributed by atoms with Gasteiger partial charge in [0.25, 0.3) is 0 Å². The van der Waals surface area contributed by atoms with Crippen LogP contribution in [0.1, 0.15) is 10.4 Å². The summed E-state index contributed by atoms with van der Waals surface area (Å²) in [6.45, 7) is 2.62. The molecule has 6 heteroatoms. The van der Waals surface area contributed by atoms with Crippen LogP contribution in [-0.4, -0.2) is 35.8 Å². The number of hydrogen-bond acceptors (Lipinski definition) is 4. The fourth-order valence-electron chi connectivity index (χ4n) is 2.61. The van der Waals surface area contributed by atoms with E-state index in [9.17, 15) is 5.11 Å². The summed E-state index contributed by atoms with van der Waals surface area (Å²) >= 11 is 13.9. The first-order valence-corrected chi connectivity index (χ1v) is 8.79. The summed E-state index contributed by atoms with van der Waals surface area (Å²) in [5, 5.41) is 13.2. The summed E-state index contributed by atoms with van der Waals surface area (Å²) in [4.78, 5) is 3.71. The van der Waals surface area contributed by atoms with Gasteiger partial charge in [0.1, 0.15) is 12.7 Å². The van der Waals surface area contributed by atoms with Gasteiger partial charge in [0.15, 0.2) is 5.75 Å². The van der Waals surface area contributed by atoms with Gasteiger partial charge in [0, 0.05) is 24.5 Å². The van der Waals surface area contributed by atoms with Crippen LogP contribution in [0, 0.1) is 0 Å². The maximum atomic E-state index is 10.2. The van der Waals surface area contributed by atoms with Gasteiger partial charge in [-0.3, -0.25) is 4.90 Å². The van der Waals surface area contributed by atoms with E-state index in [1.54, 1.807) is 18.2 Å². The first kappa shape index (κ1) is 16.1. The number of para-hydroxylation sites is 1. The molecule has 0 spiro atoms. The zero-order valence-electron chi connectivity index (χ0n) is 12.0. The number of halogens is 2. The van der Waals surface area contributed by atoms with E-state index in [1.165, 1.54) is 10.4 Å². The molecule has 1 aromatic carbocycles. The molecule has 1 aliphatic rings. The molecule has 3 nitrogen and oxygen atoms in total. The molecule has 0 aliphatic carbocycles. The summed E-state index contributed by atoms with van der Waals surface area (Å²) in [6, 6.07) is 7.37. The van der Waals surface area contributed by atoms with Crippen molar-refractivity contribution >= 4 is 34.5 Å². The minimum Gasteiger partial charge on any atom is -0.488 e. The average molecular weight is 358 g/mol. The first-order valence-electron chi connectivity index (χ1n) is 7.16. The van der Waals surface area contributed by atoms with Crippen molar-refractivity contribution in [1.82, 2.24) is 4.90 Å². The van der Waals surface area contributed by atoms with Gasteiger partial charge >= 0.3 is 0 Å². The topological polar surface area (TPSA) is 32.7 Å². The van der Waals surface area contributed by atoms with Crippen LogP contribution in [0.4, 0.5) is 0 Å². The minimum atomic E-state index is -0.576. The van der Waals surface area contributed by atoms with Crippen molar-refractivity contribution in [2.75, 3.05) is 19.7 Å². The number of thiophene rings is 1. The van der Waals surface area contributed by atoms with Gasteiger partial charge in [0.2, 0.25) is 0 Å². The molecule has 0 saturated heterocycles. The van der Waals surface area contributed by atoms with E-state index in [-0.39, 0.29) is 6.61 Å². The molecule has 0 saturated carbocycles. The van der Waals surface area contributed by atoms with Crippen LogP contribution in [0.25, 0.3) is 0 Å². The summed E-state index contributed by atoms with van der Waals surface area (Å²) in [6.07, 6.45) is 0.476. The van der Waals surface area contributed by atoms with E-state index in [0.717, 1.165) is 19.5 Å². The molecule has 0 bridgehead atoms. The van der Waals surface area contributed by atoms with Gasteiger partial charge in [-0.15, -0.1) is 11.3 Å². The second-order valence-corrected chi connectivity index (χ2v) is 7.18. The predicted molar refractivity (Wildman–Crippen MR) is 91.3 cm³/mol. The highest BCUT2D eigenvalue weighted by molar-refractivity contribution is 7.10. The van der Waals surface area contributed by atoms with Crippen molar-refractivity contribution in [3.63, 3.8) is 0 Å². The molecule has 3 rings (SSSR count). The van der Waals surface area contributed by atoms with Crippen LogP contribution < -0.4 is 4.74 Å². The Morgan fingerprint density at radius 3 is 2.82 bits per heavy atom. The third-order valence-electron chi connectivity index (χ3n) is 3.69. The number of nitrogens with zero attached hydrogens (tertiary/aromatic N) is 1. The Balaban J connectivity index is 1.52. The Morgan fingerprint density at radius 2 is 2.05 bits per heavy atom. The van der Waals surface area contributed by atoms with Gasteiger partial charge in [-0.05, 0) is 35.6 Å². The molecule has 0 fully saturated rings. The Bertz CT molecular complexity index is 627. The maximum absolute atomic E-state index is 10.2. The Labute approximate surface area is 144 Å². The van der Waals surface area contributed by atoms with E-state index >= 15 is 0 Å². The van der Waals surface area contributed by atoms with E-state index < -0.39 is 6.10 Å². The highest BCUT2D eigenvalue weighted by Gasteiger charge is 2.20. The molecule has 22 heavy (non-hydrogen) atoms. The van der Waals surface area contributed by atoms with Crippen molar-refractivity contribution in [3.05, 3.63) is 50.1 Å². The number of rotatable bonds is 5. The predicted octanol–water partition coefficient (Wildman–Crippen LogP) is 3.85. The van der Waals surface area contributed by atoms with Crippen molar-refractivity contribution in [2.24, 2.45) is 0 Å². The lowest BCUT2D eigenvalue weighted by Crippen LogP contribution is -2.38. The molecule has 0 amide bonds. The quantitative estimate of drug-likeness (QED) is 0.881. The van der Waals surface area contributed by atoms with Crippen LogP contribution in [0.5, 0.6) is 5.75 Å². The fraction of sp³-hybridized carbons (Fsp3) is 0.375. The number of hydrogen-bond donors (Lipinski definition) is 1. The monoisotopic (exact) mass is 357 g/mol. The fourth-order valence-corrected chi connectivity index (χ4v) is 4.01. The van der Waals surface area contributed by atoms with Crippen molar-refractivity contribution in [3.8, 4) is 5.75 Å². The lowest BCUT2D eigenvalue weighted by atomic mass is 10.1. The molecular weight excluding hydrogens is 341 g/mol. The minimum absolute atomic E-state index is 0.177. The smallest absolute Gasteiger partial charge is 0.156 e. The second-order valence-electron chi connectivity index (χ2n) is 5.37. The molecule has 2 aromatic rings. The Kier molecular flexibility index (Phi) is 5.26. The number of fused-ring (bicyclic) bond motifs is 1. The zero-order valence-corrected chi connectivity index (χ0v) is 14.3. The molecule has 1 aliphatic heterocycles. The Morgan fingerprint density at radius 1 is 1.27 bits per heavy atom. The standard InChI is InChI=1S/C16H17Cl2NO2S/c17-13-2-1-3-14(18)16(13)21-10-12(20)9-19-6-4-15-11(8-19)5-7-22-15/h1-3,5,7,12,20H,4,6,8-10H2/t12-/m1/s1. The zero-order chi connectivity index (χ0) is 15.5. The van der Waals surface area contributed by atoms with Gasteiger partial charge in [0.05, 0.1) is 10.0 Å². The Hall–Kier alpha value is -0.780. The van der Waals surface area contributed by atoms with Gasteiger partial charge in [-0.1, -0.05) is 29.3 Å². The number of ether oxygens (including phenoxy) is 1. The normalized spacial score (nSPS) is 16.3. The van der Waals surface area contributed by atoms with Crippen LogP contribution in [0.3, 0.4) is 0 Å². The van der Waals surface area contributed by atoms with Gasteiger partial charge in [-0.2, -0.15) is 0 Å². The number of aliphatic hydroxyl groups is 1. The first-order chi connectivity index (χ1) is 10.6. The summed E-state index contributed by atoms with van der Waals surface area (Å²) in [5.41, 5.74) is 1.37. The van der Waals surface area contributed by atoms with Crippen LogP contribution in [-0.2, 0) is 13.0 Å². The highest BCUT2D eigenvalue weighted by Crippen LogP contribution is 2.32. The molecule has 0 unspecified atom stereocenters. The molecule has 1 aromatic heterocycles. The highest BCUT2D eigenvalue weighted by atomic mass is 35.5. The largest absolute Gasteiger partial charge is 0.488 e. The van der Waals surface area contributed by atoms with Crippen molar-refractivity contribution in [2.45, 2.75) is 19.1 Å². The van der Waals surface area contributed by atoms with E-state index in [4.69, 9.17) is 27.9 Å². The number of β-amino-alcohol motifs (C(OH)–C–C–N with tert-alkyl or cyclic N) is 1. The van der Waals surface area contributed by atoms with E-state index in [2.05, 4.69) is 16.3 Å². The van der Waals surface area contributed by atoms with Crippen LogP contribution in [0.2, 0.25) is 10.0 Å². The molecular formula is C16H17Cl2NO2S. The average Bonchev–Trinajstić information content (AvgIpc) is 2.94. The third-order valence-corrected chi connectivity index (χ3v) is 5.31. The van der Waals surface area contributed by atoms with Crippen LogP contribution >= 0.6 is 34.5 Å². The SMILES string of the molecule is O[C@@H](COc1c(Cl)cccc1Cl)CN1CCc2sccc2C1. The number of aliphatic hydroxyl groups excluding tert-OH is 1. The summed E-state index contributed by atoms with van der Waals surface area (Å²) in [5.74, 6) is 0.434. The number of benzene rings is 1. The lowest BCUT2D eigenvalue weighted by molar-refractivity contribution is 0.0641. The van der Waals surface area contributed by atoms with Crippen molar-refractivity contribution in [1.29, 1.82) is 0 Å². The molecule has 1 N–H and O–H groups in total. The van der Waals surface area contributed by atoms with E-state index in [1.807, 2.05) is 11.3 Å². The maximum Gasteiger partial charge on any atom is 0.156 e. The molecule has 2 heterocycles. The van der Waals surface area contributed by atoms with Gasteiger partial charge < -0.3 is 9.84 Å². The second kappa shape index (κ2) is 7.20. The lowest BCUT2D eigenvalue weighted by Gasteiger charge is -2.28. The van der Waals surface area contributed by atoms with Gasteiger partial charge in [-0.25, -0.2) is 0 Å². The molecule has 0 radical (unpaired) electrons. The van der Waals surface area contributed by atoms with Crippen molar-refractivity contribution < 1.29 is 9.84 Å². The molecule has 118 valence electrons. The van der Waals surface area contributed by atoms with Crippen LogP contribution in [0.15, 0.2) is 29.6 Å². The van der Waals surface area contributed by atoms with E-state index in [0.29, 0.717) is 22.3 Å². The third kappa shape index (κ3) is 3.76. The summed E-state index contributed by atoms with van der Waals surface area (Å²) in [7, 11) is 0.